The van der Waals surface area contributed by atoms with Crippen LogP contribution in [0, 0.1) is 5.92 Å². The highest BCUT2D eigenvalue weighted by atomic mass is 32.3. The molecule has 0 bridgehead atoms. The van der Waals surface area contributed by atoms with Gasteiger partial charge in [-0.05, 0) is 25.3 Å². The van der Waals surface area contributed by atoms with Gasteiger partial charge >= 0.3 is 10.4 Å². The van der Waals surface area contributed by atoms with Gasteiger partial charge in [-0.2, -0.15) is 8.42 Å². The van der Waals surface area contributed by atoms with Crippen molar-refractivity contribution in [2.45, 2.75) is 65.2 Å². The quantitative estimate of drug-likeness (QED) is 0.446. The van der Waals surface area contributed by atoms with Crippen LogP contribution in [-0.4, -0.2) is 24.1 Å². The maximum Gasteiger partial charge on any atom is 0.394 e. The van der Waals surface area contributed by atoms with E-state index in [1.54, 1.807) is 0 Å². The van der Waals surface area contributed by atoms with E-state index in [4.69, 9.17) is 23.3 Å². The molecule has 5 nitrogen and oxygen atoms in total. The molecule has 0 radical (unpaired) electrons. The van der Waals surface area contributed by atoms with Crippen LogP contribution in [0.1, 0.15) is 65.2 Å². The molecule has 0 amide bonds. The molecule has 0 saturated carbocycles. The Bertz CT molecular complexity index is 247. The van der Waals surface area contributed by atoms with Gasteiger partial charge in [-0.3, -0.25) is 9.11 Å². The van der Waals surface area contributed by atoms with Crippen LogP contribution >= 0.6 is 0 Å². The average Bonchev–Trinajstić information content (AvgIpc) is 2.26. The average molecular weight is 283 g/mol. The van der Waals surface area contributed by atoms with Crippen molar-refractivity contribution in [3.05, 3.63) is 0 Å². The molecule has 18 heavy (non-hydrogen) atoms. The number of nitrogens with two attached hydrogens (primary N) is 1. The SMILES string of the molecule is CCCCCCC(CN)CCCC.O=S(=O)(O)O. The van der Waals surface area contributed by atoms with Crippen LogP contribution in [0.5, 0.6) is 0 Å². The first-order valence-electron chi connectivity index (χ1n) is 6.75. The van der Waals surface area contributed by atoms with E-state index < -0.39 is 10.4 Å². The zero-order chi connectivity index (χ0) is 14.4. The maximum atomic E-state index is 8.74. The lowest BCUT2D eigenvalue weighted by atomic mass is 9.95. The highest BCUT2D eigenvalue weighted by molar-refractivity contribution is 7.79. The summed E-state index contributed by atoms with van der Waals surface area (Å²) in [5.74, 6) is 0.803. The maximum absolute atomic E-state index is 8.74. The van der Waals surface area contributed by atoms with E-state index in [2.05, 4.69) is 13.8 Å². The highest BCUT2D eigenvalue weighted by Gasteiger charge is 2.04. The van der Waals surface area contributed by atoms with Gasteiger partial charge < -0.3 is 5.73 Å². The predicted octanol–water partition coefficient (Wildman–Crippen LogP) is 3.07. The second-order valence-electron chi connectivity index (χ2n) is 4.54. The lowest BCUT2D eigenvalue weighted by molar-refractivity contribution is 0.381. The van der Waals surface area contributed by atoms with Crippen LogP contribution in [0.15, 0.2) is 0 Å². The van der Waals surface area contributed by atoms with Crippen LogP contribution < -0.4 is 5.73 Å². The Morgan fingerprint density at radius 1 is 0.944 bits per heavy atom. The Balaban J connectivity index is 0. The highest BCUT2D eigenvalue weighted by Crippen LogP contribution is 2.15. The number of hydrogen-bond acceptors (Lipinski definition) is 3. The molecule has 0 aromatic heterocycles. The zero-order valence-electron chi connectivity index (χ0n) is 11.6. The standard InChI is InChI=1S/C12H27N.H2O4S/c1-3-5-7-8-10-12(11-13)9-6-4-2;1-5(2,3)4/h12H,3-11,13H2,1-2H3;(H2,1,2,3,4). The van der Waals surface area contributed by atoms with Crippen molar-refractivity contribution in [3.63, 3.8) is 0 Å². The molecule has 1 atom stereocenters. The molecule has 0 saturated heterocycles. The van der Waals surface area contributed by atoms with E-state index in [0.29, 0.717) is 0 Å². The van der Waals surface area contributed by atoms with Gasteiger partial charge in [-0.25, -0.2) is 0 Å². The number of unbranched alkanes of at least 4 members (excludes halogenated alkanes) is 4. The Morgan fingerprint density at radius 2 is 1.39 bits per heavy atom. The summed E-state index contributed by atoms with van der Waals surface area (Å²) < 4.78 is 31.6. The summed E-state index contributed by atoms with van der Waals surface area (Å²) in [5, 5.41) is 0. The molecular weight excluding hydrogens is 254 g/mol. The van der Waals surface area contributed by atoms with E-state index in [9.17, 15) is 0 Å². The second kappa shape index (κ2) is 13.3. The second-order valence-corrected chi connectivity index (χ2v) is 5.44. The third-order valence-electron chi connectivity index (χ3n) is 2.77. The first kappa shape index (κ1) is 20.2. The molecule has 0 rings (SSSR count). The van der Waals surface area contributed by atoms with Crippen LogP contribution in [-0.2, 0) is 10.4 Å². The molecule has 0 fully saturated rings. The molecule has 0 aromatic carbocycles. The molecular formula is C12H29NO4S. The fraction of sp³-hybridized carbons (Fsp3) is 1.00. The van der Waals surface area contributed by atoms with E-state index in [1.165, 1.54) is 51.4 Å². The van der Waals surface area contributed by atoms with Crippen LogP contribution in [0.25, 0.3) is 0 Å². The molecule has 0 spiro atoms. The summed E-state index contributed by atoms with van der Waals surface area (Å²) in [7, 11) is -4.67. The van der Waals surface area contributed by atoms with Crippen molar-refractivity contribution >= 4 is 10.4 Å². The van der Waals surface area contributed by atoms with Gasteiger partial charge in [-0.15, -0.1) is 0 Å². The Hall–Kier alpha value is -0.170. The molecule has 6 heteroatoms. The van der Waals surface area contributed by atoms with Gasteiger partial charge in [0.25, 0.3) is 0 Å². The molecule has 4 N–H and O–H groups in total. The summed E-state index contributed by atoms with van der Waals surface area (Å²) in [4.78, 5) is 0. The van der Waals surface area contributed by atoms with Crippen molar-refractivity contribution in [1.82, 2.24) is 0 Å². The number of rotatable bonds is 9. The topological polar surface area (TPSA) is 101 Å². The van der Waals surface area contributed by atoms with Gasteiger partial charge in [0, 0.05) is 0 Å². The van der Waals surface area contributed by atoms with Crippen LogP contribution in [0.3, 0.4) is 0 Å². The normalized spacial score (nSPS) is 12.7. The van der Waals surface area contributed by atoms with Crippen molar-refractivity contribution in [1.29, 1.82) is 0 Å². The van der Waals surface area contributed by atoms with Gasteiger partial charge in [0.2, 0.25) is 0 Å². The summed E-state index contributed by atoms with van der Waals surface area (Å²) in [6, 6.07) is 0. The molecule has 0 aromatic rings. The van der Waals surface area contributed by atoms with E-state index in [1.807, 2.05) is 0 Å². The van der Waals surface area contributed by atoms with Crippen molar-refractivity contribution in [2.75, 3.05) is 6.54 Å². The van der Waals surface area contributed by atoms with Gasteiger partial charge in [0.1, 0.15) is 0 Å². The predicted molar refractivity (Wildman–Crippen MR) is 75.0 cm³/mol. The minimum atomic E-state index is -4.67. The zero-order valence-corrected chi connectivity index (χ0v) is 12.5. The summed E-state index contributed by atoms with van der Waals surface area (Å²) in [6.45, 7) is 5.41. The summed E-state index contributed by atoms with van der Waals surface area (Å²) in [5.41, 5.74) is 5.73. The molecule has 0 aliphatic heterocycles. The minimum absolute atomic E-state index is 0.803. The fourth-order valence-corrected chi connectivity index (χ4v) is 1.73. The Morgan fingerprint density at radius 3 is 1.78 bits per heavy atom. The van der Waals surface area contributed by atoms with E-state index in [0.717, 1.165) is 12.5 Å². The van der Waals surface area contributed by atoms with Crippen molar-refractivity contribution in [2.24, 2.45) is 11.7 Å². The molecule has 0 aliphatic carbocycles. The smallest absolute Gasteiger partial charge is 0.330 e. The lowest BCUT2D eigenvalue weighted by Crippen LogP contribution is -2.14. The first-order chi connectivity index (χ1) is 8.35. The third-order valence-corrected chi connectivity index (χ3v) is 2.77. The molecule has 1 unspecified atom stereocenters. The monoisotopic (exact) mass is 283 g/mol. The number of hydrogen-bond donors (Lipinski definition) is 3. The summed E-state index contributed by atoms with van der Waals surface area (Å²) >= 11 is 0. The largest absolute Gasteiger partial charge is 0.394 e. The first-order valence-corrected chi connectivity index (χ1v) is 8.14. The minimum Gasteiger partial charge on any atom is -0.330 e. The van der Waals surface area contributed by atoms with Crippen LogP contribution in [0.4, 0.5) is 0 Å². The molecule has 0 heterocycles. The molecule has 112 valence electrons. The van der Waals surface area contributed by atoms with Crippen molar-refractivity contribution < 1.29 is 17.5 Å². The lowest BCUT2D eigenvalue weighted by Gasteiger charge is -2.13. The Kier molecular flexibility index (Phi) is 14.9. The molecule has 0 aliphatic rings. The summed E-state index contributed by atoms with van der Waals surface area (Å²) in [6.07, 6.45) is 10.9. The van der Waals surface area contributed by atoms with E-state index in [-0.39, 0.29) is 0 Å². The third kappa shape index (κ3) is 24.9. The Labute approximate surface area is 112 Å². The van der Waals surface area contributed by atoms with Gasteiger partial charge in [0.15, 0.2) is 0 Å². The van der Waals surface area contributed by atoms with Gasteiger partial charge in [0.05, 0.1) is 0 Å². The van der Waals surface area contributed by atoms with Crippen LogP contribution in [0.2, 0.25) is 0 Å². The van der Waals surface area contributed by atoms with E-state index >= 15 is 0 Å². The van der Waals surface area contributed by atoms with Gasteiger partial charge in [-0.1, -0.05) is 52.4 Å². The van der Waals surface area contributed by atoms with Crippen molar-refractivity contribution in [3.8, 4) is 0 Å². The fourth-order valence-electron chi connectivity index (χ4n) is 1.73.